The summed E-state index contributed by atoms with van der Waals surface area (Å²) in [5.74, 6) is -0.268. The van der Waals surface area contributed by atoms with Gasteiger partial charge in [-0.25, -0.2) is 0 Å². The Morgan fingerprint density at radius 2 is 2.54 bits per heavy atom. The molecule has 72 valence electrons. The van der Waals surface area contributed by atoms with Crippen LogP contribution in [0, 0.1) is 0 Å². The van der Waals surface area contributed by atoms with Crippen LogP contribution >= 0.6 is 11.3 Å². The lowest BCUT2D eigenvalue weighted by Gasteiger charge is -2.01. The molecule has 0 radical (unpaired) electrons. The van der Waals surface area contributed by atoms with E-state index in [1.807, 2.05) is 11.4 Å². The summed E-state index contributed by atoms with van der Waals surface area (Å²) in [6.07, 6.45) is 0. The Bertz CT molecular complexity index is 285. The summed E-state index contributed by atoms with van der Waals surface area (Å²) in [5, 5.41) is 4.86. The van der Waals surface area contributed by atoms with Gasteiger partial charge in [-0.15, -0.1) is 11.3 Å². The summed E-state index contributed by atoms with van der Waals surface area (Å²) < 4.78 is 4.47. The molecule has 3 N–H and O–H groups in total. The highest BCUT2D eigenvalue weighted by Gasteiger charge is 2.02. The van der Waals surface area contributed by atoms with Gasteiger partial charge < -0.3 is 15.8 Å². The largest absolute Gasteiger partial charge is 0.468 e. The van der Waals surface area contributed by atoms with Crippen LogP contribution in [0.3, 0.4) is 0 Å². The minimum atomic E-state index is -0.268. The van der Waals surface area contributed by atoms with Crippen LogP contribution in [-0.2, 0) is 16.1 Å². The molecule has 1 heterocycles. The summed E-state index contributed by atoms with van der Waals surface area (Å²) >= 11 is 1.57. The van der Waals surface area contributed by atoms with Crippen molar-refractivity contribution in [3.8, 4) is 0 Å². The minimum Gasteiger partial charge on any atom is -0.468 e. The molecular weight excluding hydrogens is 188 g/mol. The van der Waals surface area contributed by atoms with E-state index >= 15 is 0 Å². The van der Waals surface area contributed by atoms with E-state index in [0.717, 1.165) is 10.6 Å². The van der Waals surface area contributed by atoms with Crippen LogP contribution in [0.2, 0.25) is 0 Å². The highest BCUT2D eigenvalue weighted by Crippen LogP contribution is 2.17. The number of thiophene rings is 1. The fourth-order valence-corrected chi connectivity index (χ4v) is 1.61. The first-order valence-corrected chi connectivity index (χ1v) is 4.71. The molecule has 1 aromatic heterocycles. The lowest BCUT2D eigenvalue weighted by molar-refractivity contribution is -0.139. The van der Waals surface area contributed by atoms with Crippen LogP contribution in [0.5, 0.6) is 0 Å². The van der Waals surface area contributed by atoms with Gasteiger partial charge in [0.2, 0.25) is 0 Å². The third kappa shape index (κ3) is 3.04. The number of anilines is 1. The standard InChI is InChI=1S/C8H12N2O2S/c1-12-8(11)5-10-4-7-6(9)2-3-13-7/h2-3,10H,4-5,9H2,1H3. The molecule has 0 saturated heterocycles. The van der Waals surface area contributed by atoms with Gasteiger partial charge >= 0.3 is 5.97 Å². The monoisotopic (exact) mass is 200 g/mol. The number of carbonyl (C=O) groups excluding carboxylic acids is 1. The van der Waals surface area contributed by atoms with Crippen molar-refractivity contribution >= 4 is 23.0 Å². The van der Waals surface area contributed by atoms with Crippen molar-refractivity contribution < 1.29 is 9.53 Å². The summed E-state index contributed by atoms with van der Waals surface area (Å²) in [6.45, 7) is 0.826. The second-order valence-electron chi connectivity index (χ2n) is 2.48. The van der Waals surface area contributed by atoms with E-state index < -0.39 is 0 Å². The molecule has 0 bridgehead atoms. The average Bonchev–Trinajstić information content (AvgIpc) is 2.52. The van der Waals surface area contributed by atoms with E-state index in [-0.39, 0.29) is 12.5 Å². The Hall–Kier alpha value is -1.07. The Morgan fingerprint density at radius 3 is 3.08 bits per heavy atom. The number of esters is 1. The number of carbonyl (C=O) groups is 1. The number of ether oxygens (including phenoxy) is 1. The van der Waals surface area contributed by atoms with Crippen LogP contribution in [0.1, 0.15) is 4.88 Å². The van der Waals surface area contributed by atoms with Gasteiger partial charge in [0.05, 0.1) is 13.7 Å². The molecule has 4 nitrogen and oxygen atoms in total. The van der Waals surface area contributed by atoms with Crippen LogP contribution in [-0.4, -0.2) is 19.6 Å². The Balaban J connectivity index is 2.28. The molecule has 0 saturated carbocycles. The second-order valence-corrected chi connectivity index (χ2v) is 3.48. The first-order valence-electron chi connectivity index (χ1n) is 3.83. The molecule has 0 aliphatic rings. The van der Waals surface area contributed by atoms with Crippen LogP contribution < -0.4 is 11.1 Å². The number of nitrogens with one attached hydrogen (secondary N) is 1. The zero-order chi connectivity index (χ0) is 9.68. The predicted molar refractivity (Wildman–Crippen MR) is 52.5 cm³/mol. The maximum atomic E-state index is 10.7. The van der Waals surface area contributed by atoms with Gasteiger partial charge in [-0.3, -0.25) is 4.79 Å². The first kappa shape index (κ1) is 10.0. The second kappa shape index (κ2) is 4.84. The maximum Gasteiger partial charge on any atom is 0.319 e. The lowest BCUT2D eigenvalue weighted by Crippen LogP contribution is -2.23. The Morgan fingerprint density at radius 1 is 1.77 bits per heavy atom. The summed E-state index contributed by atoms with van der Waals surface area (Å²) in [7, 11) is 1.36. The number of rotatable bonds is 4. The normalized spacial score (nSPS) is 9.92. The fraction of sp³-hybridized carbons (Fsp3) is 0.375. The summed E-state index contributed by atoms with van der Waals surface area (Å²) in [4.78, 5) is 11.8. The fourth-order valence-electron chi connectivity index (χ4n) is 0.844. The van der Waals surface area contributed by atoms with E-state index in [1.54, 1.807) is 11.3 Å². The molecule has 5 heteroatoms. The van der Waals surface area contributed by atoms with E-state index in [9.17, 15) is 4.79 Å². The van der Waals surface area contributed by atoms with Gasteiger partial charge in [-0.2, -0.15) is 0 Å². The van der Waals surface area contributed by atoms with Crippen molar-refractivity contribution in [1.82, 2.24) is 5.32 Å². The summed E-state index contributed by atoms with van der Waals surface area (Å²) in [6, 6.07) is 1.85. The zero-order valence-electron chi connectivity index (χ0n) is 7.37. The van der Waals surface area contributed by atoms with Crippen molar-refractivity contribution in [3.05, 3.63) is 16.3 Å². The molecule has 0 fully saturated rings. The summed E-state index contributed by atoms with van der Waals surface area (Å²) in [5.41, 5.74) is 6.41. The molecular formula is C8H12N2O2S. The molecule has 0 atom stereocenters. The molecule has 1 rings (SSSR count). The van der Waals surface area contributed by atoms with Gasteiger partial charge in [-0.1, -0.05) is 0 Å². The maximum absolute atomic E-state index is 10.7. The highest BCUT2D eigenvalue weighted by atomic mass is 32.1. The van der Waals surface area contributed by atoms with Crippen molar-refractivity contribution in [1.29, 1.82) is 0 Å². The van der Waals surface area contributed by atoms with E-state index in [4.69, 9.17) is 5.73 Å². The van der Waals surface area contributed by atoms with Gasteiger partial charge in [0.1, 0.15) is 0 Å². The molecule has 1 aromatic rings. The van der Waals surface area contributed by atoms with Crippen LogP contribution in [0.15, 0.2) is 11.4 Å². The third-order valence-electron chi connectivity index (χ3n) is 1.56. The first-order chi connectivity index (χ1) is 6.24. The van der Waals surface area contributed by atoms with Gasteiger partial charge in [0.25, 0.3) is 0 Å². The van der Waals surface area contributed by atoms with Crippen LogP contribution in [0.25, 0.3) is 0 Å². The number of methoxy groups -OCH3 is 1. The molecule has 13 heavy (non-hydrogen) atoms. The minimum absolute atomic E-state index is 0.216. The molecule has 0 amide bonds. The molecule has 0 aromatic carbocycles. The van der Waals surface area contributed by atoms with Crippen molar-refractivity contribution in [2.45, 2.75) is 6.54 Å². The molecule has 0 aliphatic heterocycles. The third-order valence-corrected chi connectivity index (χ3v) is 2.50. The Kier molecular flexibility index (Phi) is 3.72. The number of nitrogens with two attached hydrogens (primary N) is 1. The highest BCUT2D eigenvalue weighted by molar-refractivity contribution is 7.10. The van der Waals surface area contributed by atoms with Crippen molar-refractivity contribution in [3.63, 3.8) is 0 Å². The topological polar surface area (TPSA) is 64.3 Å². The average molecular weight is 200 g/mol. The number of hydrogen-bond donors (Lipinski definition) is 2. The SMILES string of the molecule is COC(=O)CNCc1sccc1N. The van der Waals surface area contributed by atoms with E-state index in [1.165, 1.54) is 7.11 Å². The Labute approximate surface area is 80.7 Å². The van der Waals surface area contributed by atoms with Crippen LogP contribution in [0.4, 0.5) is 5.69 Å². The number of nitrogen functional groups attached to an aromatic ring is 1. The van der Waals surface area contributed by atoms with Gasteiger partial charge in [-0.05, 0) is 11.4 Å². The quantitative estimate of drug-likeness (QED) is 0.698. The molecule has 0 aliphatic carbocycles. The van der Waals surface area contributed by atoms with E-state index in [0.29, 0.717) is 6.54 Å². The van der Waals surface area contributed by atoms with Gasteiger partial charge in [0.15, 0.2) is 0 Å². The van der Waals surface area contributed by atoms with Gasteiger partial charge in [0, 0.05) is 17.1 Å². The zero-order valence-corrected chi connectivity index (χ0v) is 8.19. The van der Waals surface area contributed by atoms with Crippen molar-refractivity contribution in [2.75, 3.05) is 19.4 Å². The molecule has 0 unspecified atom stereocenters. The predicted octanol–water partition coefficient (Wildman–Crippen LogP) is 0.593. The molecule has 0 spiro atoms. The number of hydrogen-bond acceptors (Lipinski definition) is 5. The smallest absolute Gasteiger partial charge is 0.319 e. The van der Waals surface area contributed by atoms with E-state index in [2.05, 4.69) is 10.1 Å². The van der Waals surface area contributed by atoms with Crippen molar-refractivity contribution in [2.24, 2.45) is 0 Å². The lowest BCUT2D eigenvalue weighted by atomic mass is 10.4.